The highest BCUT2D eigenvalue weighted by Gasteiger charge is 2.26. The van der Waals surface area contributed by atoms with Crippen LogP contribution >= 0.6 is 0 Å². The molecule has 1 fully saturated rings. The summed E-state index contributed by atoms with van der Waals surface area (Å²) >= 11 is 0. The zero-order valence-electron chi connectivity index (χ0n) is 9.51. The summed E-state index contributed by atoms with van der Waals surface area (Å²) < 4.78 is 0. The molecule has 78 valence electrons. The van der Waals surface area contributed by atoms with Gasteiger partial charge >= 0.3 is 0 Å². The smallest absolute Gasteiger partial charge is 0.0245 e. The number of nitrogens with one attached hydrogen (secondary N) is 1. The molecule has 0 amide bonds. The van der Waals surface area contributed by atoms with Crippen molar-refractivity contribution in [2.45, 2.75) is 45.2 Å². The molecular formula is C11H24N2. The third kappa shape index (κ3) is 3.28. The van der Waals surface area contributed by atoms with Crippen LogP contribution in [0.5, 0.6) is 0 Å². The summed E-state index contributed by atoms with van der Waals surface area (Å²) in [5.74, 6) is 0.801. The second-order valence-corrected chi connectivity index (χ2v) is 4.86. The van der Waals surface area contributed by atoms with Crippen molar-refractivity contribution in [3.63, 3.8) is 0 Å². The maximum atomic E-state index is 3.60. The molecule has 2 heteroatoms. The molecule has 1 saturated heterocycles. The van der Waals surface area contributed by atoms with E-state index in [1.54, 1.807) is 0 Å². The molecule has 1 aliphatic rings. The van der Waals surface area contributed by atoms with Crippen LogP contribution in [0, 0.1) is 5.92 Å². The van der Waals surface area contributed by atoms with Crippen molar-refractivity contribution in [1.29, 1.82) is 0 Å². The number of rotatable bonds is 4. The molecule has 0 aromatic carbocycles. The van der Waals surface area contributed by atoms with Crippen molar-refractivity contribution >= 4 is 0 Å². The minimum absolute atomic E-state index is 0.725. The predicted molar refractivity (Wildman–Crippen MR) is 58.0 cm³/mol. The second-order valence-electron chi connectivity index (χ2n) is 4.86. The number of likely N-dealkylation sites (N-methyl/N-ethyl adjacent to an activating group) is 1. The van der Waals surface area contributed by atoms with E-state index in [9.17, 15) is 0 Å². The first-order valence-electron chi connectivity index (χ1n) is 5.51. The Hall–Kier alpha value is -0.0800. The minimum atomic E-state index is 0.725. The van der Waals surface area contributed by atoms with Crippen molar-refractivity contribution in [3.8, 4) is 0 Å². The lowest BCUT2D eigenvalue weighted by molar-refractivity contribution is 0.208. The first kappa shape index (κ1) is 11.0. The van der Waals surface area contributed by atoms with Crippen LogP contribution in [-0.4, -0.2) is 37.6 Å². The van der Waals surface area contributed by atoms with E-state index in [1.165, 1.54) is 25.8 Å². The Morgan fingerprint density at radius 1 is 1.38 bits per heavy atom. The van der Waals surface area contributed by atoms with Crippen molar-refractivity contribution in [3.05, 3.63) is 0 Å². The average molecular weight is 184 g/mol. The molecule has 0 bridgehead atoms. The van der Waals surface area contributed by atoms with Crippen LogP contribution in [0.3, 0.4) is 0 Å². The van der Waals surface area contributed by atoms with Crippen molar-refractivity contribution in [2.24, 2.45) is 5.92 Å². The van der Waals surface area contributed by atoms with Gasteiger partial charge in [0.2, 0.25) is 0 Å². The predicted octanol–water partition coefficient (Wildman–Crippen LogP) is 1.71. The molecule has 0 saturated carbocycles. The lowest BCUT2D eigenvalue weighted by atomic mass is 9.95. The van der Waals surface area contributed by atoms with E-state index in [-0.39, 0.29) is 0 Å². The molecule has 13 heavy (non-hydrogen) atoms. The van der Waals surface area contributed by atoms with Gasteiger partial charge in [0.25, 0.3) is 0 Å². The van der Waals surface area contributed by atoms with Crippen molar-refractivity contribution in [2.75, 3.05) is 20.6 Å². The third-order valence-corrected chi connectivity index (χ3v) is 2.94. The fourth-order valence-electron chi connectivity index (χ4n) is 2.26. The molecule has 2 nitrogen and oxygen atoms in total. The molecule has 1 N–H and O–H groups in total. The van der Waals surface area contributed by atoms with E-state index in [0.717, 1.165) is 18.0 Å². The summed E-state index contributed by atoms with van der Waals surface area (Å²) in [5.41, 5.74) is 0. The zero-order valence-corrected chi connectivity index (χ0v) is 9.51. The van der Waals surface area contributed by atoms with Gasteiger partial charge in [0.1, 0.15) is 0 Å². The van der Waals surface area contributed by atoms with Crippen LogP contribution in [0.4, 0.5) is 0 Å². The van der Waals surface area contributed by atoms with Gasteiger partial charge in [-0.25, -0.2) is 0 Å². The molecule has 2 atom stereocenters. The zero-order chi connectivity index (χ0) is 9.84. The molecule has 1 heterocycles. The standard InChI is InChI=1S/C11H24N2/c1-9(2)8-11(13(3)4)10-6-5-7-12-10/h9-12H,5-8H2,1-4H3. The molecule has 0 aromatic heterocycles. The van der Waals surface area contributed by atoms with E-state index in [4.69, 9.17) is 0 Å². The molecule has 0 aromatic rings. The average Bonchev–Trinajstić information content (AvgIpc) is 2.50. The number of hydrogen-bond donors (Lipinski definition) is 1. The van der Waals surface area contributed by atoms with Crippen LogP contribution in [-0.2, 0) is 0 Å². The first-order valence-corrected chi connectivity index (χ1v) is 5.51. The molecule has 0 aliphatic carbocycles. The van der Waals surface area contributed by atoms with Gasteiger partial charge in [0.15, 0.2) is 0 Å². The summed E-state index contributed by atoms with van der Waals surface area (Å²) in [6.45, 7) is 5.84. The van der Waals surface area contributed by atoms with Crippen LogP contribution < -0.4 is 5.32 Å². The lowest BCUT2D eigenvalue weighted by Crippen LogP contribution is -2.44. The fourth-order valence-corrected chi connectivity index (χ4v) is 2.26. The van der Waals surface area contributed by atoms with Gasteiger partial charge in [0, 0.05) is 12.1 Å². The van der Waals surface area contributed by atoms with Gasteiger partial charge in [-0.05, 0) is 45.8 Å². The van der Waals surface area contributed by atoms with Crippen LogP contribution in [0.25, 0.3) is 0 Å². The van der Waals surface area contributed by atoms with E-state index >= 15 is 0 Å². The van der Waals surface area contributed by atoms with E-state index < -0.39 is 0 Å². The van der Waals surface area contributed by atoms with Gasteiger partial charge in [0.05, 0.1) is 0 Å². The number of nitrogens with zero attached hydrogens (tertiary/aromatic N) is 1. The SMILES string of the molecule is CC(C)CC(C1CCCN1)N(C)C. The molecule has 1 rings (SSSR count). The summed E-state index contributed by atoms with van der Waals surface area (Å²) in [6.07, 6.45) is 4.02. The first-order chi connectivity index (χ1) is 6.11. The quantitative estimate of drug-likeness (QED) is 0.715. The Balaban J connectivity index is 2.45. The Morgan fingerprint density at radius 2 is 2.08 bits per heavy atom. The Bertz CT molecular complexity index is 137. The molecule has 2 unspecified atom stereocenters. The lowest BCUT2D eigenvalue weighted by Gasteiger charge is -2.31. The topological polar surface area (TPSA) is 15.3 Å². The molecular weight excluding hydrogens is 160 g/mol. The van der Waals surface area contributed by atoms with Crippen LogP contribution in [0.15, 0.2) is 0 Å². The van der Waals surface area contributed by atoms with E-state index in [1.807, 2.05) is 0 Å². The highest BCUT2D eigenvalue weighted by atomic mass is 15.1. The van der Waals surface area contributed by atoms with E-state index in [0.29, 0.717) is 0 Å². The summed E-state index contributed by atoms with van der Waals surface area (Å²) in [5, 5.41) is 3.60. The minimum Gasteiger partial charge on any atom is -0.312 e. The monoisotopic (exact) mass is 184 g/mol. The van der Waals surface area contributed by atoms with Crippen LogP contribution in [0.1, 0.15) is 33.1 Å². The summed E-state index contributed by atoms with van der Waals surface area (Å²) in [7, 11) is 4.40. The summed E-state index contributed by atoms with van der Waals surface area (Å²) in [6, 6.07) is 1.46. The Morgan fingerprint density at radius 3 is 2.46 bits per heavy atom. The normalized spacial score (nSPS) is 25.8. The molecule has 0 spiro atoms. The molecule has 1 aliphatic heterocycles. The van der Waals surface area contributed by atoms with Gasteiger partial charge in [-0.3, -0.25) is 0 Å². The highest BCUT2D eigenvalue weighted by molar-refractivity contribution is 4.86. The van der Waals surface area contributed by atoms with Gasteiger partial charge in [-0.1, -0.05) is 13.8 Å². The van der Waals surface area contributed by atoms with E-state index in [2.05, 4.69) is 38.2 Å². The van der Waals surface area contributed by atoms with Crippen LogP contribution in [0.2, 0.25) is 0 Å². The van der Waals surface area contributed by atoms with Gasteiger partial charge < -0.3 is 10.2 Å². The Kier molecular flexibility index (Phi) is 4.20. The van der Waals surface area contributed by atoms with Crippen molar-refractivity contribution in [1.82, 2.24) is 10.2 Å². The third-order valence-electron chi connectivity index (χ3n) is 2.94. The van der Waals surface area contributed by atoms with Crippen molar-refractivity contribution < 1.29 is 0 Å². The Labute approximate surface area is 82.7 Å². The van der Waals surface area contributed by atoms with Gasteiger partial charge in [-0.15, -0.1) is 0 Å². The number of hydrogen-bond acceptors (Lipinski definition) is 2. The summed E-state index contributed by atoms with van der Waals surface area (Å²) in [4.78, 5) is 2.38. The fraction of sp³-hybridized carbons (Fsp3) is 1.00. The maximum Gasteiger partial charge on any atom is 0.0245 e. The largest absolute Gasteiger partial charge is 0.312 e. The maximum absolute atomic E-state index is 3.60. The highest BCUT2D eigenvalue weighted by Crippen LogP contribution is 2.18. The molecule has 0 radical (unpaired) electrons. The second kappa shape index (κ2) is 4.97. The van der Waals surface area contributed by atoms with Gasteiger partial charge in [-0.2, -0.15) is 0 Å².